The standard InChI is InChI=1S/C23H26FN3O4S/c1-16-5-7-18(14-20(16)24)25-22(28)15-27-21-9-8-19(13-17(21)6-10-23(27)29)32(30,31)26-11-3-2-4-12-26/h5,7-9,13-14H,2-4,6,10-12,15H2,1H3,(H,25,28). The van der Waals surface area contributed by atoms with Crippen molar-refractivity contribution in [3.8, 4) is 0 Å². The molecular weight excluding hydrogens is 433 g/mol. The first-order chi connectivity index (χ1) is 15.3. The number of nitrogens with one attached hydrogen (secondary N) is 1. The number of benzene rings is 2. The third-order valence-electron chi connectivity index (χ3n) is 5.96. The minimum atomic E-state index is -3.58. The number of rotatable bonds is 5. The summed E-state index contributed by atoms with van der Waals surface area (Å²) in [5.41, 5.74) is 2.03. The molecule has 4 rings (SSSR count). The zero-order valence-electron chi connectivity index (χ0n) is 17.9. The molecule has 0 saturated carbocycles. The summed E-state index contributed by atoms with van der Waals surface area (Å²) in [6.45, 7) is 2.43. The van der Waals surface area contributed by atoms with Gasteiger partial charge in [0.25, 0.3) is 0 Å². The molecule has 0 spiro atoms. The number of sulfonamides is 1. The fourth-order valence-electron chi connectivity index (χ4n) is 4.14. The average Bonchev–Trinajstić information content (AvgIpc) is 2.78. The lowest BCUT2D eigenvalue weighted by Crippen LogP contribution is -2.41. The van der Waals surface area contributed by atoms with E-state index in [1.807, 2.05) is 0 Å². The van der Waals surface area contributed by atoms with Crippen LogP contribution in [-0.4, -0.2) is 44.2 Å². The minimum absolute atomic E-state index is 0.187. The predicted molar refractivity (Wildman–Crippen MR) is 119 cm³/mol. The van der Waals surface area contributed by atoms with Crippen molar-refractivity contribution in [3.05, 3.63) is 53.3 Å². The summed E-state index contributed by atoms with van der Waals surface area (Å²) in [6, 6.07) is 9.11. The third-order valence-corrected chi connectivity index (χ3v) is 7.86. The minimum Gasteiger partial charge on any atom is -0.324 e. The van der Waals surface area contributed by atoms with Gasteiger partial charge in [-0.15, -0.1) is 0 Å². The summed E-state index contributed by atoms with van der Waals surface area (Å²) in [5.74, 6) is -1.10. The summed E-state index contributed by atoms with van der Waals surface area (Å²) < 4.78 is 41.3. The maximum Gasteiger partial charge on any atom is 0.244 e. The monoisotopic (exact) mass is 459 g/mol. The highest BCUT2D eigenvalue weighted by Gasteiger charge is 2.30. The Hall–Kier alpha value is -2.78. The highest BCUT2D eigenvalue weighted by atomic mass is 32.2. The molecule has 2 aliphatic rings. The number of amides is 2. The van der Waals surface area contributed by atoms with Crippen LogP contribution in [0.5, 0.6) is 0 Å². The smallest absolute Gasteiger partial charge is 0.244 e. The number of hydrogen-bond donors (Lipinski definition) is 1. The van der Waals surface area contributed by atoms with Crippen LogP contribution in [0.1, 0.15) is 36.8 Å². The van der Waals surface area contributed by atoms with E-state index < -0.39 is 21.7 Å². The first kappa shape index (κ1) is 22.4. The van der Waals surface area contributed by atoms with Gasteiger partial charge in [-0.1, -0.05) is 12.5 Å². The maximum atomic E-state index is 13.7. The second kappa shape index (κ2) is 8.99. The summed E-state index contributed by atoms with van der Waals surface area (Å²) in [4.78, 5) is 26.6. The van der Waals surface area contributed by atoms with Gasteiger partial charge < -0.3 is 10.2 Å². The van der Waals surface area contributed by atoms with Gasteiger partial charge in [0.15, 0.2) is 0 Å². The molecule has 2 aromatic carbocycles. The molecule has 0 aromatic heterocycles. The van der Waals surface area contributed by atoms with Gasteiger partial charge in [-0.05, 0) is 67.6 Å². The van der Waals surface area contributed by atoms with Crippen molar-refractivity contribution >= 4 is 33.2 Å². The summed E-state index contributed by atoms with van der Waals surface area (Å²) in [7, 11) is -3.58. The largest absolute Gasteiger partial charge is 0.324 e. The molecule has 1 fully saturated rings. The van der Waals surface area contributed by atoms with E-state index in [9.17, 15) is 22.4 Å². The summed E-state index contributed by atoms with van der Waals surface area (Å²) in [5, 5.41) is 2.61. The van der Waals surface area contributed by atoms with Crippen LogP contribution in [0.15, 0.2) is 41.3 Å². The van der Waals surface area contributed by atoms with Crippen molar-refractivity contribution in [1.29, 1.82) is 0 Å². The van der Waals surface area contributed by atoms with E-state index in [0.29, 0.717) is 36.4 Å². The number of fused-ring (bicyclic) bond motifs is 1. The number of carbonyl (C=O) groups excluding carboxylic acids is 2. The Labute approximate surface area is 187 Å². The predicted octanol–water partition coefficient (Wildman–Crippen LogP) is 3.23. The summed E-state index contributed by atoms with van der Waals surface area (Å²) >= 11 is 0. The Morgan fingerprint density at radius 1 is 1.06 bits per heavy atom. The highest BCUT2D eigenvalue weighted by Crippen LogP contribution is 2.31. The quantitative estimate of drug-likeness (QED) is 0.744. The summed E-state index contributed by atoms with van der Waals surface area (Å²) in [6.07, 6.45) is 3.34. The molecule has 1 N–H and O–H groups in total. The Balaban J connectivity index is 1.53. The van der Waals surface area contributed by atoms with Gasteiger partial charge in [0.2, 0.25) is 21.8 Å². The lowest BCUT2D eigenvalue weighted by molar-refractivity contribution is -0.121. The number of hydrogen-bond acceptors (Lipinski definition) is 4. The average molecular weight is 460 g/mol. The first-order valence-corrected chi connectivity index (χ1v) is 12.2. The Bertz CT molecular complexity index is 1160. The van der Waals surface area contributed by atoms with Crippen LogP contribution in [0, 0.1) is 12.7 Å². The van der Waals surface area contributed by atoms with Gasteiger partial charge in [-0.25, -0.2) is 12.8 Å². The zero-order chi connectivity index (χ0) is 22.9. The molecule has 2 amide bonds. The fraction of sp³-hybridized carbons (Fsp3) is 0.391. The number of carbonyl (C=O) groups is 2. The zero-order valence-corrected chi connectivity index (χ0v) is 18.8. The molecule has 2 aromatic rings. The van der Waals surface area contributed by atoms with Gasteiger partial charge in [-0.2, -0.15) is 4.31 Å². The molecular formula is C23H26FN3O4S. The van der Waals surface area contributed by atoms with Crippen molar-refractivity contribution in [2.45, 2.75) is 43.9 Å². The molecule has 0 aliphatic carbocycles. The van der Waals surface area contributed by atoms with Crippen molar-refractivity contribution in [2.24, 2.45) is 0 Å². The number of halogens is 1. The van der Waals surface area contributed by atoms with Crippen LogP contribution in [-0.2, 0) is 26.0 Å². The molecule has 32 heavy (non-hydrogen) atoms. The SMILES string of the molecule is Cc1ccc(NC(=O)CN2C(=O)CCc3cc(S(=O)(=O)N4CCCCC4)ccc32)cc1F. The second-order valence-corrected chi connectivity index (χ2v) is 10.2. The van der Waals surface area contributed by atoms with E-state index in [0.717, 1.165) is 24.8 Å². The third kappa shape index (κ3) is 4.54. The molecule has 9 heteroatoms. The van der Waals surface area contributed by atoms with Crippen LogP contribution in [0.3, 0.4) is 0 Å². The number of anilines is 2. The molecule has 0 unspecified atom stereocenters. The Kier molecular flexibility index (Phi) is 6.30. The molecule has 0 radical (unpaired) electrons. The second-order valence-electron chi connectivity index (χ2n) is 8.25. The van der Waals surface area contributed by atoms with E-state index in [-0.39, 0.29) is 23.8 Å². The van der Waals surface area contributed by atoms with Crippen molar-refractivity contribution in [1.82, 2.24) is 4.31 Å². The number of aryl methyl sites for hydroxylation is 2. The van der Waals surface area contributed by atoms with Crippen LogP contribution in [0.4, 0.5) is 15.8 Å². The van der Waals surface area contributed by atoms with E-state index in [1.165, 1.54) is 21.3 Å². The molecule has 7 nitrogen and oxygen atoms in total. The number of piperidine rings is 1. The van der Waals surface area contributed by atoms with E-state index in [1.54, 1.807) is 31.2 Å². The number of nitrogens with zero attached hydrogens (tertiary/aromatic N) is 2. The normalized spacial score (nSPS) is 17.2. The van der Waals surface area contributed by atoms with E-state index in [2.05, 4.69) is 5.32 Å². The highest BCUT2D eigenvalue weighted by molar-refractivity contribution is 7.89. The molecule has 1 saturated heterocycles. The first-order valence-electron chi connectivity index (χ1n) is 10.7. The van der Waals surface area contributed by atoms with Gasteiger partial charge in [0.05, 0.1) is 4.90 Å². The molecule has 0 bridgehead atoms. The molecule has 2 heterocycles. The van der Waals surface area contributed by atoms with Crippen LogP contribution >= 0.6 is 0 Å². The van der Waals surface area contributed by atoms with Gasteiger partial charge in [-0.3, -0.25) is 9.59 Å². The lowest BCUT2D eigenvalue weighted by Gasteiger charge is -2.30. The van der Waals surface area contributed by atoms with Gasteiger partial charge >= 0.3 is 0 Å². The molecule has 2 aliphatic heterocycles. The molecule has 170 valence electrons. The Morgan fingerprint density at radius 3 is 2.53 bits per heavy atom. The topological polar surface area (TPSA) is 86.8 Å². The van der Waals surface area contributed by atoms with Crippen molar-refractivity contribution in [2.75, 3.05) is 29.9 Å². The van der Waals surface area contributed by atoms with Crippen molar-refractivity contribution < 1.29 is 22.4 Å². The van der Waals surface area contributed by atoms with E-state index in [4.69, 9.17) is 0 Å². The van der Waals surface area contributed by atoms with Gasteiger partial charge in [0, 0.05) is 30.9 Å². The lowest BCUT2D eigenvalue weighted by atomic mass is 10.0. The molecule has 0 atom stereocenters. The van der Waals surface area contributed by atoms with Gasteiger partial charge in [0.1, 0.15) is 12.4 Å². The van der Waals surface area contributed by atoms with Crippen LogP contribution in [0.25, 0.3) is 0 Å². The van der Waals surface area contributed by atoms with Crippen LogP contribution in [0.2, 0.25) is 0 Å². The van der Waals surface area contributed by atoms with Crippen LogP contribution < -0.4 is 10.2 Å². The van der Waals surface area contributed by atoms with E-state index >= 15 is 0 Å². The van der Waals surface area contributed by atoms with Crippen molar-refractivity contribution in [3.63, 3.8) is 0 Å². The fourth-order valence-corrected chi connectivity index (χ4v) is 5.71. The maximum absolute atomic E-state index is 13.7. The Morgan fingerprint density at radius 2 is 1.81 bits per heavy atom.